The van der Waals surface area contributed by atoms with Crippen LogP contribution in [0.1, 0.15) is 87.8 Å². The summed E-state index contributed by atoms with van der Waals surface area (Å²) in [6.07, 6.45) is 6.64. The predicted molar refractivity (Wildman–Crippen MR) is 221 cm³/mol. The van der Waals surface area contributed by atoms with Gasteiger partial charge in [-0.2, -0.15) is 0 Å². The van der Waals surface area contributed by atoms with Gasteiger partial charge in [-0.25, -0.2) is 0 Å². The molecule has 3 aliphatic rings. The minimum absolute atomic E-state index is 0.150. The fourth-order valence-corrected chi connectivity index (χ4v) is 42.1. The van der Waals surface area contributed by atoms with Crippen LogP contribution in [0, 0.1) is 0 Å². The summed E-state index contributed by atoms with van der Waals surface area (Å²) in [5.74, 6) is 0. The Hall–Kier alpha value is -3.33. The number of benzene rings is 5. The second kappa shape index (κ2) is 12.4. The molecular formula is C49H54HfSi. The second-order valence-corrected chi connectivity index (χ2v) is 40.0. The molecule has 1 aliphatic heterocycles. The van der Waals surface area contributed by atoms with Gasteiger partial charge in [0, 0.05) is 0 Å². The van der Waals surface area contributed by atoms with Crippen LogP contribution in [-0.2, 0) is 37.2 Å². The molecule has 0 nitrogen and oxygen atoms in total. The van der Waals surface area contributed by atoms with Crippen molar-refractivity contribution < 1.29 is 20.0 Å². The molecule has 0 bridgehead atoms. The predicted octanol–water partition coefficient (Wildman–Crippen LogP) is 13.9. The van der Waals surface area contributed by atoms with Crippen LogP contribution in [0.2, 0.25) is 22.0 Å². The number of rotatable bonds is 5. The first-order valence-corrected chi connectivity index (χ1v) is 33.2. The number of hydrogen-bond donors (Lipinski definition) is 0. The summed E-state index contributed by atoms with van der Waals surface area (Å²) in [5.41, 5.74) is 16.4. The van der Waals surface area contributed by atoms with Crippen LogP contribution < -0.4 is 0 Å². The van der Waals surface area contributed by atoms with Gasteiger partial charge >= 0.3 is 315 Å². The van der Waals surface area contributed by atoms with Crippen LogP contribution in [0.25, 0.3) is 34.4 Å². The molecule has 5 aromatic carbocycles. The quantitative estimate of drug-likeness (QED) is 0.155. The maximum absolute atomic E-state index is 3.16. The first kappa shape index (κ1) is 34.7. The first-order valence-electron chi connectivity index (χ1n) is 19.1. The van der Waals surface area contributed by atoms with Crippen molar-refractivity contribution in [1.29, 1.82) is 0 Å². The molecule has 2 atom stereocenters. The third-order valence-electron chi connectivity index (χ3n) is 12.8. The molecule has 1 heterocycles. The number of fused-ring (bicyclic) bond motifs is 6. The zero-order valence-electron chi connectivity index (χ0n) is 32.2. The van der Waals surface area contributed by atoms with Gasteiger partial charge in [0.05, 0.1) is 0 Å². The Labute approximate surface area is 313 Å². The van der Waals surface area contributed by atoms with E-state index in [0.29, 0.717) is 7.35 Å². The van der Waals surface area contributed by atoms with Crippen LogP contribution in [-0.4, -0.2) is 8.07 Å². The summed E-state index contributed by atoms with van der Waals surface area (Å²) < 4.78 is 6.84. The third-order valence-corrected chi connectivity index (χ3v) is 34.7. The minimum atomic E-state index is -3.16. The van der Waals surface area contributed by atoms with Crippen molar-refractivity contribution in [1.82, 2.24) is 0 Å². The van der Waals surface area contributed by atoms with Crippen molar-refractivity contribution in [3.05, 3.63) is 165 Å². The van der Waals surface area contributed by atoms with Gasteiger partial charge < -0.3 is 0 Å². The molecule has 1 fully saturated rings. The molecule has 0 aromatic heterocycles. The SMILES string of the molecule is CC(C)(C)c1ccc(-c2cccc3c2C=C2[CH]3[Hf]([CH3])([CH3])[CH]3C(=Cc4c(-c5ccc(C(C)(C)C)cc5)cccc43)[Si]2(C)CCc2ccccc2)cc1. The molecule has 2 unspecified atom stereocenters. The monoisotopic (exact) mass is 850 g/mol. The van der Waals surface area contributed by atoms with E-state index < -0.39 is 28.0 Å². The molecule has 2 aliphatic carbocycles. The van der Waals surface area contributed by atoms with E-state index in [1.54, 1.807) is 11.1 Å². The molecular weight excluding hydrogens is 795 g/mol. The molecule has 1 saturated heterocycles. The molecule has 0 spiro atoms. The molecule has 0 radical (unpaired) electrons. The van der Waals surface area contributed by atoms with E-state index in [0.717, 1.165) is 6.42 Å². The van der Waals surface area contributed by atoms with Gasteiger partial charge in [0.1, 0.15) is 0 Å². The molecule has 2 heteroatoms. The third kappa shape index (κ3) is 5.80. The molecule has 258 valence electrons. The topological polar surface area (TPSA) is 0 Å². The van der Waals surface area contributed by atoms with E-state index in [4.69, 9.17) is 0 Å². The zero-order valence-corrected chi connectivity index (χ0v) is 36.8. The number of aryl methyl sites for hydroxylation is 1. The van der Waals surface area contributed by atoms with Crippen molar-refractivity contribution in [2.45, 2.75) is 88.1 Å². The molecule has 51 heavy (non-hydrogen) atoms. The van der Waals surface area contributed by atoms with Gasteiger partial charge in [-0.15, -0.1) is 0 Å². The van der Waals surface area contributed by atoms with Crippen LogP contribution in [0.4, 0.5) is 0 Å². The van der Waals surface area contributed by atoms with Crippen molar-refractivity contribution in [3.63, 3.8) is 0 Å². The van der Waals surface area contributed by atoms with Crippen LogP contribution in [0.3, 0.4) is 0 Å². The average molecular weight is 850 g/mol. The van der Waals surface area contributed by atoms with Gasteiger partial charge in [-0.1, -0.05) is 0 Å². The van der Waals surface area contributed by atoms with E-state index in [1.165, 1.54) is 56.1 Å². The fraction of sp³-hybridized carbons (Fsp3) is 0.306. The summed E-state index contributed by atoms with van der Waals surface area (Å²) in [6.45, 7) is 16.6. The van der Waals surface area contributed by atoms with Gasteiger partial charge in [-0.05, 0) is 0 Å². The van der Waals surface area contributed by atoms with Gasteiger partial charge in [0.25, 0.3) is 0 Å². The fourth-order valence-electron chi connectivity index (χ4n) is 9.83. The Balaban J connectivity index is 1.29. The summed E-state index contributed by atoms with van der Waals surface area (Å²) in [6, 6.07) is 46.0. The summed E-state index contributed by atoms with van der Waals surface area (Å²) in [7, 11) is -2.10. The van der Waals surface area contributed by atoms with Crippen LogP contribution in [0.15, 0.2) is 126 Å². The number of allylic oxidation sites excluding steroid dienone is 2. The molecule has 5 aromatic rings. The van der Waals surface area contributed by atoms with Gasteiger partial charge in [-0.3, -0.25) is 0 Å². The van der Waals surface area contributed by atoms with E-state index in [-0.39, 0.29) is 10.8 Å². The normalized spacial score (nSPS) is 21.7. The van der Waals surface area contributed by atoms with Crippen molar-refractivity contribution in [2.24, 2.45) is 0 Å². The van der Waals surface area contributed by atoms with Gasteiger partial charge in [0.2, 0.25) is 0 Å². The van der Waals surface area contributed by atoms with Crippen LogP contribution in [0.5, 0.6) is 0 Å². The second-order valence-electron chi connectivity index (χ2n) is 18.5. The maximum atomic E-state index is 2.80. The molecule has 0 N–H and O–H groups in total. The van der Waals surface area contributed by atoms with Crippen molar-refractivity contribution >= 4 is 20.2 Å². The Morgan fingerprint density at radius 3 is 1.37 bits per heavy atom. The Morgan fingerprint density at radius 2 is 0.961 bits per heavy atom. The Bertz CT molecular complexity index is 2050. The van der Waals surface area contributed by atoms with Crippen LogP contribution >= 0.6 is 0 Å². The first-order chi connectivity index (χ1) is 24.2. The van der Waals surface area contributed by atoms with E-state index in [9.17, 15) is 0 Å². The van der Waals surface area contributed by atoms with Gasteiger partial charge in [0.15, 0.2) is 0 Å². The Kier molecular flexibility index (Phi) is 8.43. The van der Waals surface area contributed by atoms with E-state index in [2.05, 4.69) is 185 Å². The zero-order chi connectivity index (χ0) is 35.9. The molecule has 0 saturated carbocycles. The summed E-state index contributed by atoms with van der Waals surface area (Å²) >= 11 is -3.16. The number of hydrogen-bond acceptors (Lipinski definition) is 0. The summed E-state index contributed by atoms with van der Waals surface area (Å²) in [4.78, 5) is 0. The average Bonchev–Trinajstić information content (AvgIpc) is 3.72. The standard InChI is InChI=1S/C47H48Si.2CH3.Hf/c1-46(2,3)38-23-19-34(20-24-38)42-17-11-15-36-29-40(31-44(36)42)48(7,28-27-33-13-9-8-10-14-33)41-30-37-16-12-18-43(45(37)32-41)35-21-25-39(26-22-35)47(4,5)6;;;/h8-26,29-32H,27-28H2,1-7H3;2*1H3;. The van der Waals surface area contributed by atoms with E-state index >= 15 is 0 Å². The Morgan fingerprint density at radius 1 is 0.529 bits per heavy atom. The molecule has 8 rings (SSSR count). The van der Waals surface area contributed by atoms with E-state index in [1.807, 2.05) is 10.4 Å². The van der Waals surface area contributed by atoms with Crippen molar-refractivity contribution in [2.75, 3.05) is 0 Å². The molecule has 0 amide bonds. The summed E-state index contributed by atoms with van der Waals surface area (Å²) in [5, 5.41) is 3.68. The van der Waals surface area contributed by atoms with Crippen molar-refractivity contribution in [3.8, 4) is 22.3 Å².